The summed E-state index contributed by atoms with van der Waals surface area (Å²) in [5.74, 6) is -0.512. The van der Waals surface area contributed by atoms with Crippen LogP contribution in [0.3, 0.4) is 0 Å². The molecule has 3 heterocycles. The van der Waals surface area contributed by atoms with Crippen LogP contribution in [0.5, 0.6) is 0 Å². The molecule has 1 saturated carbocycles. The molecule has 5 nitrogen and oxygen atoms in total. The zero-order chi connectivity index (χ0) is 20.0. The van der Waals surface area contributed by atoms with Crippen molar-refractivity contribution in [2.45, 2.75) is 32.0 Å². The van der Waals surface area contributed by atoms with E-state index in [0.717, 1.165) is 10.2 Å². The van der Waals surface area contributed by atoms with Crippen molar-refractivity contribution in [2.75, 3.05) is 0 Å². The highest BCUT2D eigenvalue weighted by molar-refractivity contribution is 7.19. The van der Waals surface area contributed by atoms with E-state index in [-0.39, 0.29) is 35.8 Å². The lowest BCUT2D eigenvalue weighted by Gasteiger charge is -2.41. The van der Waals surface area contributed by atoms with Gasteiger partial charge in [0.25, 0.3) is 0 Å². The highest BCUT2D eigenvalue weighted by atomic mass is 32.1. The highest BCUT2D eigenvalue weighted by Gasteiger charge is 2.46. The highest BCUT2D eigenvalue weighted by Crippen LogP contribution is 2.41. The number of rotatable bonds is 3. The molecule has 0 saturated heterocycles. The second-order valence-electron chi connectivity index (χ2n) is 7.45. The minimum Gasteiger partial charge on any atom is -0.496 e. The lowest BCUT2D eigenvalue weighted by molar-refractivity contribution is -0.131. The number of carbonyl (C=O) groups is 2. The van der Waals surface area contributed by atoms with E-state index >= 15 is 0 Å². The Morgan fingerprint density at radius 3 is 2.86 bits per heavy atom. The van der Waals surface area contributed by atoms with E-state index in [9.17, 15) is 9.59 Å². The molecular formula is C22H19NO4S2. The molecule has 0 radical (unpaired) electrons. The number of thiazole rings is 1. The molecule has 3 aromatic rings. The number of allylic oxidation sites excluding steroid dienone is 1. The van der Waals surface area contributed by atoms with Crippen molar-refractivity contribution in [3.05, 3.63) is 57.9 Å². The first-order valence-electron chi connectivity index (χ1n) is 9.62. The Morgan fingerprint density at radius 2 is 2.07 bits per heavy atom. The Labute approximate surface area is 176 Å². The average Bonchev–Trinajstić information content (AvgIpc) is 3.40. The molecule has 0 bridgehead atoms. The maximum absolute atomic E-state index is 13.2. The van der Waals surface area contributed by atoms with E-state index in [1.807, 2.05) is 42.6 Å². The number of benzene rings is 1. The summed E-state index contributed by atoms with van der Waals surface area (Å²) < 4.78 is 12.8. The number of hydrogen-bond acceptors (Lipinski definition) is 7. The fraction of sp³-hybridized carbons (Fsp3) is 0.318. The number of hydrogen-bond donors (Lipinski definition) is 0. The summed E-state index contributed by atoms with van der Waals surface area (Å²) in [5, 5.41) is 2.56. The Bertz CT molecular complexity index is 1070. The number of fused-ring (bicyclic) bond motifs is 2. The van der Waals surface area contributed by atoms with Gasteiger partial charge in [-0.25, -0.2) is 9.78 Å². The number of esters is 1. The van der Waals surface area contributed by atoms with Gasteiger partial charge in [-0.2, -0.15) is 0 Å². The van der Waals surface area contributed by atoms with Crippen LogP contribution in [0.4, 0.5) is 0 Å². The van der Waals surface area contributed by atoms with Gasteiger partial charge in [0, 0.05) is 5.92 Å². The van der Waals surface area contributed by atoms with E-state index < -0.39 is 0 Å². The molecule has 0 amide bonds. The number of Topliss-reactive ketones (excluding diaryl/α,β-unsaturated/α-hetero) is 1. The number of aromatic nitrogens is 1. The summed E-state index contributed by atoms with van der Waals surface area (Å²) in [6.45, 7) is 1.99. The van der Waals surface area contributed by atoms with E-state index in [1.165, 1.54) is 22.7 Å². The topological polar surface area (TPSA) is 65.5 Å². The fourth-order valence-electron chi connectivity index (χ4n) is 4.15. The van der Waals surface area contributed by atoms with Gasteiger partial charge in [-0.1, -0.05) is 25.1 Å². The summed E-state index contributed by atoms with van der Waals surface area (Å²) >= 11 is 2.88. The average molecular weight is 426 g/mol. The van der Waals surface area contributed by atoms with E-state index in [1.54, 1.807) is 12.3 Å². The minimum atomic E-state index is -0.303. The molecule has 2 aromatic heterocycles. The molecule has 0 N–H and O–H groups in total. The third-order valence-electron chi connectivity index (χ3n) is 5.71. The first-order chi connectivity index (χ1) is 14.1. The zero-order valence-electron chi connectivity index (χ0n) is 15.7. The lowest BCUT2D eigenvalue weighted by atomic mass is 9.73. The monoisotopic (exact) mass is 425 g/mol. The van der Waals surface area contributed by atoms with Crippen molar-refractivity contribution in [2.24, 2.45) is 11.8 Å². The summed E-state index contributed by atoms with van der Waals surface area (Å²) in [7, 11) is 0. The summed E-state index contributed by atoms with van der Waals surface area (Å²) in [6, 6.07) is 11.4. The summed E-state index contributed by atoms with van der Waals surface area (Å²) in [5.41, 5.74) is 1.44. The predicted molar refractivity (Wildman–Crippen MR) is 113 cm³/mol. The van der Waals surface area contributed by atoms with Crippen LogP contribution in [0, 0.1) is 11.8 Å². The van der Waals surface area contributed by atoms with Gasteiger partial charge in [-0.05, 0) is 36.4 Å². The van der Waals surface area contributed by atoms with E-state index in [0.29, 0.717) is 28.3 Å². The van der Waals surface area contributed by atoms with Crippen LogP contribution in [0.1, 0.15) is 34.4 Å². The van der Waals surface area contributed by atoms with Crippen LogP contribution in [0.25, 0.3) is 15.8 Å². The summed E-state index contributed by atoms with van der Waals surface area (Å²) in [6.07, 6.45) is 2.31. The van der Waals surface area contributed by atoms with Gasteiger partial charge in [-0.3, -0.25) is 4.79 Å². The Morgan fingerprint density at radius 1 is 1.21 bits per heavy atom. The van der Waals surface area contributed by atoms with Crippen LogP contribution >= 0.6 is 22.7 Å². The fourth-order valence-corrected chi connectivity index (χ4v) is 5.73. The van der Waals surface area contributed by atoms with Gasteiger partial charge in [0.1, 0.15) is 22.1 Å². The molecule has 4 unspecified atom stereocenters. The second-order valence-corrected chi connectivity index (χ2v) is 9.43. The number of carbonyl (C=O) groups excluding carboxylic acids is 2. The molecule has 0 spiro atoms. The molecule has 1 aromatic carbocycles. The van der Waals surface area contributed by atoms with Crippen molar-refractivity contribution >= 4 is 50.2 Å². The van der Waals surface area contributed by atoms with Crippen molar-refractivity contribution in [1.29, 1.82) is 0 Å². The minimum absolute atomic E-state index is 0.0604. The van der Waals surface area contributed by atoms with Crippen molar-refractivity contribution in [3.63, 3.8) is 0 Å². The van der Waals surface area contributed by atoms with Gasteiger partial charge >= 0.3 is 5.97 Å². The quantitative estimate of drug-likeness (QED) is 0.556. The molecule has 1 aliphatic heterocycles. The van der Waals surface area contributed by atoms with Crippen LogP contribution in [0.15, 0.2) is 48.0 Å². The Balaban J connectivity index is 1.35. The SMILES string of the molecule is CC1C(OC(=O)c2cccs2)CCC2C(=O)C(c3nc4ccccc4s3)=COC21. The molecule has 2 aliphatic rings. The zero-order valence-corrected chi connectivity index (χ0v) is 17.4. The first-order valence-corrected chi connectivity index (χ1v) is 11.3. The van der Waals surface area contributed by atoms with Crippen molar-refractivity contribution < 1.29 is 19.1 Å². The standard InChI is InChI=1S/C22H19NO4S2/c1-12-16(27-22(25)18-7-4-10-28-18)9-8-13-19(24)14(11-26-20(12)13)21-23-15-5-2-3-6-17(15)29-21/h2-7,10-13,16,20H,8-9H2,1H3. The molecule has 1 fully saturated rings. The smallest absolute Gasteiger partial charge is 0.348 e. The Hall–Kier alpha value is -2.51. The summed E-state index contributed by atoms with van der Waals surface area (Å²) in [4.78, 5) is 30.7. The largest absolute Gasteiger partial charge is 0.496 e. The van der Waals surface area contributed by atoms with Crippen molar-refractivity contribution in [1.82, 2.24) is 4.98 Å². The predicted octanol–water partition coefficient (Wildman–Crippen LogP) is 4.94. The van der Waals surface area contributed by atoms with Crippen molar-refractivity contribution in [3.8, 4) is 0 Å². The van der Waals surface area contributed by atoms with Gasteiger partial charge in [0.2, 0.25) is 0 Å². The number of nitrogens with zero attached hydrogens (tertiary/aromatic N) is 1. The van der Waals surface area contributed by atoms with E-state index in [2.05, 4.69) is 4.98 Å². The van der Waals surface area contributed by atoms with Gasteiger partial charge in [0.15, 0.2) is 5.78 Å². The van der Waals surface area contributed by atoms with Gasteiger partial charge in [-0.15, -0.1) is 22.7 Å². The van der Waals surface area contributed by atoms with E-state index in [4.69, 9.17) is 9.47 Å². The maximum Gasteiger partial charge on any atom is 0.348 e. The molecular weight excluding hydrogens is 406 g/mol. The van der Waals surface area contributed by atoms with Crippen LogP contribution in [-0.2, 0) is 14.3 Å². The third-order valence-corrected chi connectivity index (χ3v) is 7.63. The Kier molecular flexibility index (Phi) is 4.72. The number of para-hydroxylation sites is 1. The lowest BCUT2D eigenvalue weighted by Crippen LogP contribution is -2.48. The molecule has 29 heavy (non-hydrogen) atoms. The van der Waals surface area contributed by atoms with Gasteiger partial charge < -0.3 is 9.47 Å². The maximum atomic E-state index is 13.2. The first kappa shape index (κ1) is 18.5. The molecule has 1 aliphatic carbocycles. The second kappa shape index (κ2) is 7.39. The van der Waals surface area contributed by atoms with Crippen LogP contribution in [0.2, 0.25) is 0 Å². The number of ketones is 1. The molecule has 5 rings (SSSR count). The third kappa shape index (κ3) is 3.28. The van der Waals surface area contributed by atoms with Gasteiger partial charge in [0.05, 0.1) is 28.0 Å². The van der Waals surface area contributed by atoms with Crippen LogP contribution < -0.4 is 0 Å². The number of ether oxygens (including phenoxy) is 2. The molecule has 7 heteroatoms. The normalized spacial score (nSPS) is 26.5. The molecule has 4 atom stereocenters. The van der Waals surface area contributed by atoms with Crippen LogP contribution in [-0.4, -0.2) is 28.9 Å². The number of thiophene rings is 1. The molecule has 148 valence electrons.